The molecule has 0 spiro atoms. The summed E-state index contributed by atoms with van der Waals surface area (Å²) >= 11 is 1.43. The van der Waals surface area contributed by atoms with E-state index in [1.54, 1.807) is 18.2 Å². The van der Waals surface area contributed by atoms with Crippen LogP contribution in [-0.2, 0) is 11.3 Å². The summed E-state index contributed by atoms with van der Waals surface area (Å²) in [6, 6.07) is 9.01. The van der Waals surface area contributed by atoms with Crippen molar-refractivity contribution < 1.29 is 9.90 Å². The van der Waals surface area contributed by atoms with Crippen molar-refractivity contribution >= 4 is 33.1 Å². The molecule has 1 aliphatic heterocycles. The maximum atomic E-state index is 12.5. The summed E-state index contributed by atoms with van der Waals surface area (Å²) in [6.07, 6.45) is 1.79. The van der Waals surface area contributed by atoms with E-state index in [-0.39, 0.29) is 23.6 Å². The number of amides is 1. The number of phenols is 1. The highest BCUT2D eigenvalue weighted by atomic mass is 32.1. The summed E-state index contributed by atoms with van der Waals surface area (Å²) in [4.78, 5) is 33.8. The van der Waals surface area contributed by atoms with E-state index in [1.807, 2.05) is 22.4 Å². The molecule has 1 N–H and O–H groups in total. The van der Waals surface area contributed by atoms with Gasteiger partial charge in [-0.25, -0.2) is 4.98 Å². The minimum Gasteiger partial charge on any atom is -0.506 e. The number of benzene rings is 1. The molecule has 3 aromatic rings. The zero-order valence-corrected chi connectivity index (χ0v) is 15.6. The van der Waals surface area contributed by atoms with E-state index in [2.05, 4.69) is 9.88 Å². The number of thiophene rings is 1. The highest BCUT2D eigenvalue weighted by Crippen LogP contribution is 2.27. The normalized spacial score (nSPS) is 14.7. The monoisotopic (exact) mass is 384 g/mol. The highest BCUT2D eigenvalue weighted by molar-refractivity contribution is 7.16. The van der Waals surface area contributed by atoms with Crippen LogP contribution in [0.1, 0.15) is 6.42 Å². The Labute approximate surface area is 160 Å². The van der Waals surface area contributed by atoms with Crippen LogP contribution in [0.25, 0.3) is 10.2 Å². The maximum Gasteiger partial charge on any atom is 0.262 e. The number of phenolic OH excluding ortho intramolecular Hbond substituents is 1. The molecule has 1 saturated heterocycles. The molecule has 3 heterocycles. The van der Waals surface area contributed by atoms with Crippen LogP contribution in [0.2, 0.25) is 0 Å². The number of carbonyl (C=O) groups is 1. The quantitative estimate of drug-likeness (QED) is 0.743. The molecule has 0 atom stereocenters. The second kappa shape index (κ2) is 7.40. The number of aromatic hydroxyl groups is 1. The first-order valence-electron chi connectivity index (χ1n) is 8.87. The fourth-order valence-electron chi connectivity index (χ4n) is 3.36. The lowest BCUT2D eigenvalue weighted by atomic mass is 10.2. The Kier molecular flexibility index (Phi) is 4.81. The van der Waals surface area contributed by atoms with Gasteiger partial charge < -0.3 is 14.9 Å². The van der Waals surface area contributed by atoms with Crippen molar-refractivity contribution in [1.82, 2.24) is 14.5 Å². The molecule has 0 radical (unpaired) electrons. The van der Waals surface area contributed by atoms with Gasteiger partial charge >= 0.3 is 0 Å². The van der Waals surface area contributed by atoms with Gasteiger partial charge in [-0.05, 0) is 23.6 Å². The smallest absolute Gasteiger partial charge is 0.262 e. The number of rotatable bonds is 4. The molecule has 0 aliphatic carbocycles. The summed E-state index contributed by atoms with van der Waals surface area (Å²) in [5.41, 5.74) is 0.699. The molecule has 8 heteroatoms. The van der Waals surface area contributed by atoms with Gasteiger partial charge in [-0.15, -0.1) is 11.3 Å². The van der Waals surface area contributed by atoms with Crippen LogP contribution >= 0.6 is 11.3 Å². The maximum absolute atomic E-state index is 12.5. The number of para-hydroxylation sites is 2. The fraction of sp³-hybridized carbons (Fsp3) is 0.316. The number of fused-ring (bicyclic) bond motifs is 1. The predicted octanol–water partition coefficient (Wildman–Crippen LogP) is 1.90. The predicted molar refractivity (Wildman–Crippen MR) is 105 cm³/mol. The second-order valence-corrected chi connectivity index (χ2v) is 7.38. The van der Waals surface area contributed by atoms with Gasteiger partial charge in [-0.3, -0.25) is 14.2 Å². The van der Waals surface area contributed by atoms with Gasteiger partial charge in [0, 0.05) is 39.1 Å². The molecule has 27 heavy (non-hydrogen) atoms. The molecular formula is C19H20N4O3S. The molecule has 1 amide bonds. The van der Waals surface area contributed by atoms with E-state index in [0.717, 1.165) is 10.5 Å². The number of aromatic nitrogens is 2. The van der Waals surface area contributed by atoms with E-state index in [9.17, 15) is 14.7 Å². The number of anilines is 1. The van der Waals surface area contributed by atoms with E-state index in [1.165, 1.54) is 22.2 Å². The van der Waals surface area contributed by atoms with Crippen LogP contribution in [0.4, 0.5) is 5.69 Å². The third-order valence-electron chi connectivity index (χ3n) is 4.87. The van der Waals surface area contributed by atoms with Gasteiger partial charge in [-0.1, -0.05) is 12.1 Å². The number of nitrogens with zero attached hydrogens (tertiary/aromatic N) is 4. The average Bonchev–Trinajstić information content (AvgIpc) is 3.17. The Morgan fingerprint density at radius 1 is 1.15 bits per heavy atom. The fourth-order valence-corrected chi connectivity index (χ4v) is 4.08. The van der Waals surface area contributed by atoms with Gasteiger partial charge in [0.15, 0.2) is 0 Å². The van der Waals surface area contributed by atoms with Crippen LogP contribution in [0.3, 0.4) is 0 Å². The average molecular weight is 384 g/mol. The highest BCUT2D eigenvalue weighted by Gasteiger charge is 2.22. The molecule has 140 valence electrons. The molecule has 7 nitrogen and oxygen atoms in total. The van der Waals surface area contributed by atoms with E-state index >= 15 is 0 Å². The zero-order valence-electron chi connectivity index (χ0n) is 14.7. The van der Waals surface area contributed by atoms with Crippen LogP contribution in [0, 0.1) is 0 Å². The van der Waals surface area contributed by atoms with Crippen LogP contribution in [0.15, 0.2) is 46.8 Å². The first-order valence-corrected chi connectivity index (χ1v) is 9.75. The SMILES string of the molecule is O=C(CCn1cnc2sccc2c1=O)N1CCN(c2ccccc2O)CC1. The molecule has 1 aromatic carbocycles. The van der Waals surface area contributed by atoms with E-state index < -0.39 is 0 Å². The number of piperazine rings is 1. The van der Waals surface area contributed by atoms with Crippen LogP contribution in [0.5, 0.6) is 5.75 Å². The number of hydrogen-bond acceptors (Lipinski definition) is 6. The van der Waals surface area contributed by atoms with Crippen molar-refractivity contribution in [3.05, 3.63) is 52.4 Å². The lowest BCUT2D eigenvalue weighted by Gasteiger charge is -2.36. The second-order valence-electron chi connectivity index (χ2n) is 6.49. The van der Waals surface area contributed by atoms with Gasteiger partial charge in [0.05, 0.1) is 17.4 Å². The van der Waals surface area contributed by atoms with E-state index in [4.69, 9.17) is 0 Å². The van der Waals surface area contributed by atoms with Crippen molar-refractivity contribution in [1.29, 1.82) is 0 Å². The van der Waals surface area contributed by atoms with Crippen LogP contribution < -0.4 is 10.5 Å². The largest absolute Gasteiger partial charge is 0.506 e. The third-order valence-corrected chi connectivity index (χ3v) is 5.69. The number of hydrogen-bond donors (Lipinski definition) is 1. The van der Waals surface area contributed by atoms with Gasteiger partial charge in [0.1, 0.15) is 10.6 Å². The number of carbonyl (C=O) groups excluding carboxylic acids is 1. The van der Waals surface area contributed by atoms with Gasteiger partial charge in [0.25, 0.3) is 5.56 Å². The molecule has 0 saturated carbocycles. The Hall–Kier alpha value is -2.87. The summed E-state index contributed by atoms with van der Waals surface area (Å²) < 4.78 is 1.51. The molecule has 1 fully saturated rings. The van der Waals surface area contributed by atoms with Crippen molar-refractivity contribution in [3.8, 4) is 5.75 Å². The minimum atomic E-state index is -0.0987. The van der Waals surface area contributed by atoms with Crippen molar-refractivity contribution in [3.63, 3.8) is 0 Å². The van der Waals surface area contributed by atoms with Crippen molar-refractivity contribution in [2.45, 2.75) is 13.0 Å². The van der Waals surface area contributed by atoms with Crippen molar-refractivity contribution in [2.24, 2.45) is 0 Å². The first-order chi connectivity index (χ1) is 13.1. The molecule has 4 rings (SSSR count). The standard InChI is InChI=1S/C19H20N4O3S/c24-16-4-2-1-3-15(16)21-8-10-22(11-9-21)17(25)5-7-23-13-20-18-14(19(23)26)6-12-27-18/h1-4,6,12-13,24H,5,7-11H2. The lowest BCUT2D eigenvalue weighted by molar-refractivity contribution is -0.131. The minimum absolute atomic E-state index is 0.0317. The molecule has 2 aromatic heterocycles. The molecule has 0 bridgehead atoms. The Balaban J connectivity index is 1.35. The molecular weight excluding hydrogens is 364 g/mol. The first kappa shape index (κ1) is 17.5. The summed E-state index contributed by atoms with van der Waals surface area (Å²) in [5, 5.41) is 12.4. The lowest BCUT2D eigenvalue weighted by Crippen LogP contribution is -2.49. The zero-order chi connectivity index (χ0) is 18.8. The number of aryl methyl sites for hydroxylation is 1. The Morgan fingerprint density at radius 2 is 1.93 bits per heavy atom. The van der Waals surface area contributed by atoms with Gasteiger partial charge in [0.2, 0.25) is 5.91 Å². The summed E-state index contributed by atoms with van der Waals surface area (Å²) in [7, 11) is 0. The van der Waals surface area contributed by atoms with E-state index in [0.29, 0.717) is 38.1 Å². The third kappa shape index (κ3) is 3.52. The molecule has 0 unspecified atom stereocenters. The van der Waals surface area contributed by atoms with Gasteiger partial charge in [-0.2, -0.15) is 0 Å². The Bertz CT molecular complexity index is 1020. The molecule has 1 aliphatic rings. The van der Waals surface area contributed by atoms with Crippen LogP contribution in [-0.4, -0.2) is 51.6 Å². The summed E-state index contributed by atoms with van der Waals surface area (Å²) in [6.45, 7) is 2.88. The summed E-state index contributed by atoms with van der Waals surface area (Å²) in [5.74, 6) is 0.289. The topological polar surface area (TPSA) is 78.7 Å². The Morgan fingerprint density at radius 3 is 2.70 bits per heavy atom. The van der Waals surface area contributed by atoms with Crippen molar-refractivity contribution in [2.75, 3.05) is 31.1 Å².